The third kappa shape index (κ3) is 3.71. The largest absolute Gasteiger partial charge is 0.228 e. The van der Waals surface area contributed by atoms with Crippen LogP contribution >= 0.6 is 11.8 Å². The molecule has 0 saturated heterocycles. The van der Waals surface area contributed by atoms with Gasteiger partial charge in [0.05, 0.1) is 0 Å². The summed E-state index contributed by atoms with van der Waals surface area (Å²) in [6.45, 7) is 3.97. The molecule has 86 valence electrons. The molecule has 0 atom stereocenters. The topological polar surface area (TPSA) is 25.8 Å². The average molecular weight is 242 g/mol. The molecule has 0 spiro atoms. The smallest absolute Gasteiger partial charge is 0.192 e. The summed E-state index contributed by atoms with van der Waals surface area (Å²) in [6.07, 6.45) is 2.06. The van der Waals surface area contributed by atoms with Crippen molar-refractivity contribution in [1.29, 1.82) is 0 Å². The summed E-state index contributed by atoms with van der Waals surface area (Å²) >= 11 is 1.54. The van der Waals surface area contributed by atoms with Crippen LogP contribution in [0.25, 0.3) is 6.08 Å². The first-order valence-corrected chi connectivity index (χ1v) is 6.32. The molecule has 0 radical (unpaired) electrons. The van der Waals surface area contributed by atoms with Crippen LogP contribution in [-0.2, 0) is 0 Å². The Morgan fingerprint density at radius 1 is 1.00 bits per heavy atom. The number of aromatic nitrogens is 2. The van der Waals surface area contributed by atoms with Crippen LogP contribution in [0.4, 0.5) is 0 Å². The van der Waals surface area contributed by atoms with Crippen LogP contribution in [-0.4, -0.2) is 9.97 Å². The van der Waals surface area contributed by atoms with E-state index in [9.17, 15) is 0 Å². The minimum absolute atomic E-state index is 0.801. The first-order valence-electron chi connectivity index (χ1n) is 5.44. The molecular formula is C14H14N2S. The fourth-order valence-electron chi connectivity index (χ4n) is 1.48. The molecule has 0 saturated carbocycles. The third-order valence-electron chi connectivity index (χ3n) is 2.20. The summed E-state index contributed by atoms with van der Waals surface area (Å²) in [6, 6.07) is 12.2. The molecule has 0 bridgehead atoms. The SMILES string of the molecule is Cc1cc(C)nc(SC=Cc2ccccc2)n1. The van der Waals surface area contributed by atoms with Gasteiger partial charge in [-0.2, -0.15) is 0 Å². The maximum absolute atomic E-state index is 4.37. The van der Waals surface area contributed by atoms with Crippen LogP contribution in [0.2, 0.25) is 0 Å². The minimum atomic E-state index is 0.801. The van der Waals surface area contributed by atoms with Gasteiger partial charge in [-0.1, -0.05) is 42.1 Å². The highest BCUT2D eigenvalue weighted by Crippen LogP contribution is 2.16. The zero-order valence-electron chi connectivity index (χ0n) is 9.92. The summed E-state index contributed by atoms with van der Waals surface area (Å²) in [7, 11) is 0. The number of aryl methyl sites for hydroxylation is 2. The molecule has 3 heteroatoms. The molecule has 0 N–H and O–H groups in total. The van der Waals surface area contributed by atoms with Crippen LogP contribution in [0, 0.1) is 13.8 Å². The molecule has 0 aliphatic heterocycles. The van der Waals surface area contributed by atoms with Crippen molar-refractivity contribution in [2.45, 2.75) is 19.0 Å². The van der Waals surface area contributed by atoms with E-state index in [0.717, 1.165) is 16.5 Å². The highest BCUT2D eigenvalue weighted by molar-refractivity contribution is 8.02. The Balaban J connectivity index is 2.05. The Kier molecular flexibility index (Phi) is 3.94. The van der Waals surface area contributed by atoms with Crippen LogP contribution in [0.1, 0.15) is 17.0 Å². The van der Waals surface area contributed by atoms with Gasteiger partial charge in [0.1, 0.15) is 0 Å². The lowest BCUT2D eigenvalue weighted by atomic mass is 10.2. The van der Waals surface area contributed by atoms with E-state index in [1.807, 2.05) is 43.5 Å². The number of rotatable bonds is 3. The second kappa shape index (κ2) is 5.64. The Hall–Kier alpha value is -1.61. The van der Waals surface area contributed by atoms with Crippen molar-refractivity contribution < 1.29 is 0 Å². The fraction of sp³-hybridized carbons (Fsp3) is 0.143. The summed E-state index contributed by atoms with van der Waals surface area (Å²) < 4.78 is 0. The normalized spacial score (nSPS) is 10.9. The van der Waals surface area contributed by atoms with Crippen LogP contribution in [0.5, 0.6) is 0 Å². The van der Waals surface area contributed by atoms with Gasteiger partial charge in [0, 0.05) is 11.4 Å². The zero-order valence-corrected chi connectivity index (χ0v) is 10.7. The molecule has 1 aromatic heterocycles. The first-order chi connectivity index (χ1) is 8.24. The average Bonchev–Trinajstić information content (AvgIpc) is 2.29. The molecular weight excluding hydrogens is 228 g/mol. The van der Waals surface area contributed by atoms with Gasteiger partial charge < -0.3 is 0 Å². The molecule has 1 heterocycles. The van der Waals surface area contributed by atoms with Gasteiger partial charge in [-0.05, 0) is 37.0 Å². The van der Waals surface area contributed by atoms with E-state index in [1.54, 1.807) is 11.8 Å². The van der Waals surface area contributed by atoms with Crippen molar-refractivity contribution in [2.75, 3.05) is 0 Å². The molecule has 1 aromatic carbocycles. The zero-order chi connectivity index (χ0) is 12.1. The summed E-state index contributed by atoms with van der Waals surface area (Å²) in [4.78, 5) is 8.73. The van der Waals surface area contributed by atoms with E-state index in [4.69, 9.17) is 0 Å². The van der Waals surface area contributed by atoms with E-state index < -0.39 is 0 Å². The molecule has 0 unspecified atom stereocenters. The van der Waals surface area contributed by atoms with Gasteiger partial charge in [-0.3, -0.25) is 0 Å². The van der Waals surface area contributed by atoms with Crippen molar-refractivity contribution in [2.24, 2.45) is 0 Å². The molecule has 0 amide bonds. The summed E-state index contributed by atoms with van der Waals surface area (Å²) in [5.41, 5.74) is 3.20. The molecule has 0 fully saturated rings. The lowest BCUT2D eigenvalue weighted by molar-refractivity contribution is 0.905. The maximum Gasteiger partial charge on any atom is 0.192 e. The number of hydrogen-bond donors (Lipinski definition) is 0. The molecule has 0 aliphatic carbocycles. The Morgan fingerprint density at radius 3 is 2.29 bits per heavy atom. The van der Waals surface area contributed by atoms with E-state index in [1.165, 1.54) is 5.56 Å². The van der Waals surface area contributed by atoms with Crippen LogP contribution in [0.15, 0.2) is 47.0 Å². The van der Waals surface area contributed by atoms with E-state index in [-0.39, 0.29) is 0 Å². The molecule has 17 heavy (non-hydrogen) atoms. The maximum atomic E-state index is 4.37. The van der Waals surface area contributed by atoms with Gasteiger partial charge in [0.25, 0.3) is 0 Å². The Bertz CT molecular complexity index is 501. The van der Waals surface area contributed by atoms with Crippen molar-refractivity contribution >= 4 is 17.8 Å². The minimum Gasteiger partial charge on any atom is -0.228 e. The number of nitrogens with zero attached hydrogens (tertiary/aromatic N) is 2. The quantitative estimate of drug-likeness (QED) is 0.604. The monoisotopic (exact) mass is 242 g/mol. The van der Waals surface area contributed by atoms with Crippen LogP contribution in [0.3, 0.4) is 0 Å². The van der Waals surface area contributed by atoms with Gasteiger partial charge >= 0.3 is 0 Å². The Morgan fingerprint density at radius 2 is 1.65 bits per heavy atom. The Labute approximate surface area is 106 Å². The standard InChI is InChI=1S/C14H14N2S/c1-11-10-12(2)16-14(15-11)17-9-8-13-6-4-3-5-7-13/h3-10H,1-2H3. The predicted octanol–water partition coefficient (Wildman–Crippen LogP) is 3.86. The lowest BCUT2D eigenvalue weighted by Crippen LogP contribution is -1.91. The molecule has 2 nitrogen and oxygen atoms in total. The van der Waals surface area contributed by atoms with Gasteiger partial charge in [0.2, 0.25) is 0 Å². The van der Waals surface area contributed by atoms with Gasteiger partial charge in [0.15, 0.2) is 5.16 Å². The van der Waals surface area contributed by atoms with Crippen molar-refractivity contribution in [3.8, 4) is 0 Å². The van der Waals surface area contributed by atoms with Crippen LogP contribution < -0.4 is 0 Å². The van der Waals surface area contributed by atoms with Crippen molar-refractivity contribution in [1.82, 2.24) is 9.97 Å². The second-order valence-electron chi connectivity index (χ2n) is 3.76. The van der Waals surface area contributed by atoms with E-state index in [0.29, 0.717) is 0 Å². The fourth-order valence-corrected chi connectivity index (χ4v) is 2.22. The number of thioether (sulfide) groups is 1. The summed E-state index contributed by atoms with van der Waals surface area (Å²) in [5.74, 6) is 0. The second-order valence-corrected chi connectivity index (χ2v) is 4.64. The molecule has 0 aliphatic rings. The predicted molar refractivity (Wildman–Crippen MR) is 72.8 cm³/mol. The number of hydrogen-bond acceptors (Lipinski definition) is 3. The first kappa shape index (κ1) is 11.9. The highest BCUT2D eigenvalue weighted by Gasteiger charge is 1.97. The molecule has 2 aromatic rings. The van der Waals surface area contributed by atoms with Crippen molar-refractivity contribution in [3.63, 3.8) is 0 Å². The van der Waals surface area contributed by atoms with Gasteiger partial charge in [-0.15, -0.1) is 0 Å². The van der Waals surface area contributed by atoms with Gasteiger partial charge in [-0.25, -0.2) is 9.97 Å². The third-order valence-corrected chi connectivity index (χ3v) is 2.86. The van der Waals surface area contributed by atoms with E-state index in [2.05, 4.69) is 28.2 Å². The molecule has 2 rings (SSSR count). The van der Waals surface area contributed by atoms with E-state index >= 15 is 0 Å². The highest BCUT2D eigenvalue weighted by atomic mass is 32.2. The lowest BCUT2D eigenvalue weighted by Gasteiger charge is -1.99. The number of benzene rings is 1. The summed E-state index contributed by atoms with van der Waals surface area (Å²) in [5, 5.41) is 2.82. The van der Waals surface area contributed by atoms with Crippen molar-refractivity contribution in [3.05, 3.63) is 58.8 Å².